The van der Waals surface area contributed by atoms with Crippen molar-refractivity contribution in [3.05, 3.63) is 81.5 Å². The van der Waals surface area contributed by atoms with E-state index in [1.165, 1.54) is 23.3 Å². The maximum atomic E-state index is 13.4. The summed E-state index contributed by atoms with van der Waals surface area (Å²) in [5.74, 6) is -2.28. The molecule has 3 aromatic rings. The Bertz CT molecular complexity index is 1060. The average Bonchev–Trinajstić information content (AvgIpc) is 3.23. The number of carboxylic acids is 1. The van der Waals surface area contributed by atoms with Gasteiger partial charge in [0.1, 0.15) is 5.92 Å². The summed E-state index contributed by atoms with van der Waals surface area (Å²) in [7, 11) is 1.43. The quantitative estimate of drug-likeness (QED) is 0.664. The first-order valence-corrected chi connectivity index (χ1v) is 9.91. The molecule has 0 aliphatic carbocycles. The molecule has 0 saturated carbocycles. The lowest BCUT2D eigenvalue weighted by Crippen LogP contribution is -2.44. The first-order chi connectivity index (χ1) is 14.0. The van der Waals surface area contributed by atoms with Gasteiger partial charge in [0.15, 0.2) is 11.5 Å². The van der Waals surface area contributed by atoms with E-state index >= 15 is 0 Å². The van der Waals surface area contributed by atoms with Crippen molar-refractivity contribution >= 4 is 23.2 Å². The van der Waals surface area contributed by atoms with Crippen molar-refractivity contribution in [2.45, 2.75) is 18.5 Å². The molecule has 0 radical (unpaired) electrons. The molecule has 2 N–H and O–H groups in total. The Kier molecular flexibility index (Phi) is 4.98. The number of fused-ring (bicyclic) bond motifs is 1. The van der Waals surface area contributed by atoms with E-state index in [4.69, 9.17) is 4.74 Å². The molecule has 2 aromatic carbocycles. The number of rotatable bonds is 5. The standard InChI is InChI=1S/C22H19NO5S/c1-28-17-10-4-9-16(20(17)24)19-18(22(26)27)14-7-2-3-8-15(14)21(25)23(19)12-13-6-5-11-29-13/h2-11,18-19,24H,12H2,1H3,(H,26,27). The Hall–Kier alpha value is -3.32. The number of carbonyl (C=O) groups is 2. The molecule has 0 saturated heterocycles. The molecule has 1 amide bonds. The molecule has 0 bridgehead atoms. The summed E-state index contributed by atoms with van der Waals surface area (Å²) in [5.41, 5.74) is 1.16. The molecule has 0 fully saturated rings. The monoisotopic (exact) mass is 409 g/mol. The first kappa shape index (κ1) is 19.0. The first-order valence-electron chi connectivity index (χ1n) is 9.04. The van der Waals surface area contributed by atoms with Crippen LogP contribution in [0.3, 0.4) is 0 Å². The fourth-order valence-electron chi connectivity index (χ4n) is 3.89. The fraction of sp³-hybridized carbons (Fsp3) is 0.182. The Morgan fingerprint density at radius 3 is 2.55 bits per heavy atom. The Balaban J connectivity index is 1.94. The maximum absolute atomic E-state index is 13.4. The fourth-order valence-corrected chi connectivity index (χ4v) is 4.60. The normalized spacial score (nSPS) is 18.4. The molecule has 7 heteroatoms. The number of benzene rings is 2. The van der Waals surface area contributed by atoms with E-state index in [1.54, 1.807) is 42.5 Å². The van der Waals surface area contributed by atoms with Crippen LogP contribution in [0.15, 0.2) is 60.0 Å². The molecule has 1 aromatic heterocycles. The zero-order valence-electron chi connectivity index (χ0n) is 15.6. The molecule has 2 atom stereocenters. The van der Waals surface area contributed by atoms with Crippen LogP contribution in [-0.4, -0.2) is 34.1 Å². The second-order valence-corrected chi connectivity index (χ2v) is 7.79. The van der Waals surface area contributed by atoms with Crippen molar-refractivity contribution in [1.82, 2.24) is 4.90 Å². The number of methoxy groups -OCH3 is 1. The van der Waals surface area contributed by atoms with Crippen molar-refractivity contribution in [2.75, 3.05) is 7.11 Å². The second kappa shape index (κ2) is 7.60. The number of ether oxygens (including phenoxy) is 1. The van der Waals surface area contributed by atoms with Gasteiger partial charge < -0.3 is 19.8 Å². The van der Waals surface area contributed by atoms with Gasteiger partial charge >= 0.3 is 5.97 Å². The van der Waals surface area contributed by atoms with Crippen molar-refractivity contribution in [3.8, 4) is 11.5 Å². The summed E-state index contributed by atoms with van der Waals surface area (Å²) in [4.78, 5) is 28.2. The molecule has 148 valence electrons. The minimum Gasteiger partial charge on any atom is -0.504 e. The number of thiophene rings is 1. The van der Waals surface area contributed by atoms with Crippen LogP contribution in [-0.2, 0) is 11.3 Å². The smallest absolute Gasteiger partial charge is 0.313 e. The maximum Gasteiger partial charge on any atom is 0.313 e. The number of aliphatic carboxylic acids is 1. The predicted octanol–water partition coefficient (Wildman–Crippen LogP) is 4.03. The van der Waals surface area contributed by atoms with Gasteiger partial charge in [0, 0.05) is 16.0 Å². The third kappa shape index (κ3) is 3.23. The third-order valence-corrected chi connectivity index (χ3v) is 6.04. The number of hydrogen-bond donors (Lipinski definition) is 2. The van der Waals surface area contributed by atoms with Crippen LogP contribution in [0, 0.1) is 0 Å². The van der Waals surface area contributed by atoms with Crippen LogP contribution in [0.1, 0.15) is 38.3 Å². The number of para-hydroxylation sites is 1. The van der Waals surface area contributed by atoms with E-state index in [-0.39, 0.29) is 24.0 Å². The minimum absolute atomic E-state index is 0.158. The summed E-state index contributed by atoms with van der Waals surface area (Å²) in [6.07, 6.45) is 0. The molecule has 0 spiro atoms. The Morgan fingerprint density at radius 1 is 1.10 bits per heavy atom. The Morgan fingerprint density at radius 2 is 1.86 bits per heavy atom. The van der Waals surface area contributed by atoms with Crippen LogP contribution in [0.5, 0.6) is 11.5 Å². The highest BCUT2D eigenvalue weighted by Crippen LogP contribution is 2.47. The number of aromatic hydroxyl groups is 1. The number of carboxylic acid groups (broad SMARTS) is 1. The summed E-state index contributed by atoms with van der Waals surface area (Å²) in [5, 5.41) is 22.8. The highest BCUT2D eigenvalue weighted by Gasteiger charge is 2.45. The van der Waals surface area contributed by atoms with E-state index in [1.807, 2.05) is 17.5 Å². The molecular formula is C22H19NO5S. The van der Waals surface area contributed by atoms with Gasteiger partial charge in [-0.05, 0) is 29.1 Å². The van der Waals surface area contributed by atoms with Crippen molar-refractivity contribution in [1.29, 1.82) is 0 Å². The van der Waals surface area contributed by atoms with Gasteiger partial charge in [0.2, 0.25) is 0 Å². The van der Waals surface area contributed by atoms with E-state index < -0.39 is 17.9 Å². The minimum atomic E-state index is -1.06. The Labute approximate surface area is 171 Å². The van der Waals surface area contributed by atoms with Crippen LogP contribution < -0.4 is 4.74 Å². The van der Waals surface area contributed by atoms with Gasteiger partial charge in [0.25, 0.3) is 5.91 Å². The average molecular weight is 409 g/mol. The lowest BCUT2D eigenvalue weighted by atomic mass is 9.79. The van der Waals surface area contributed by atoms with Gasteiger partial charge in [0.05, 0.1) is 19.7 Å². The van der Waals surface area contributed by atoms with Crippen LogP contribution in [0.4, 0.5) is 0 Å². The number of phenols is 1. The highest BCUT2D eigenvalue weighted by molar-refractivity contribution is 7.09. The van der Waals surface area contributed by atoms with E-state index in [2.05, 4.69) is 0 Å². The van der Waals surface area contributed by atoms with Gasteiger partial charge in [-0.3, -0.25) is 9.59 Å². The number of hydrogen-bond acceptors (Lipinski definition) is 5. The zero-order chi connectivity index (χ0) is 20.5. The molecule has 6 nitrogen and oxygen atoms in total. The molecular weight excluding hydrogens is 390 g/mol. The number of amides is 1. The summed E-state index contributed by atoms with van der Waals surface area (Å²) in [6, 6.07) is 14.6. The number of carbonyl (C=O) groups excluding carboxylic acids is 1. The van der Waals surface area contributed by atoms with Crippen LogP contribution >= 0.6 is 11.3 Å². The van der Waals surface area contributed by atoms with Gasteiger partial charge in [-0.15, -0.1) is 11.3 Å². The molecule has 2 unspecified atom stereocenters. The molecule has 2 heterocycles. The molecule has 29 heavy (non-hydrogen) atoms. The summed E-state index contributed by atoms with van der Waals surface area (Å²) in [6.45, 7) is 0.246. The highest BCUT2D eigenvalue weighted by atomic mass is 32.1. The van der Waals surface area contributed by atoms with Crippen LogP contribution in [0.2, 0.25) is 0 Å². The zero-order valence-corrected chi connectivity index (χ0v) is 16.4. The third-order valence-electron chi connectivity index (χ3n) is 5.18. The molecule has 1 aliphatic heterocycles. The lowest BCUT2D eigenvalue weighted by molar-refractivity contribution is -0.140. The van der Waals surface area contributed by atoms with Gasteiger partial charge in [-0.2, -0.15) is 0 Å². The van der Waals surface area contributed by atoms with Gasteiger partial charge in [-0.1, -0.05) is 36.4 Å². The van der Waals surface area contributed by atoms with E-state index in [0.717, 1.165) is 4.88 Å². The van der Waals surface area contributed by atoms with Gasteiger partial charge in [-0.25, -0.2) is 0 Å². The van der Waals surface area contributed by atoms with Crippen molar-refractivity contribution in [2.24, 2.45) is 0 Å². The predicted molar refractivity (Wildman–Crippen MR) is 108 cm³/mol. The largest absolute Gasteiger partial charge is 0.504 e. The van der Waals surface area contributed by atoms with E-state index in [0.29, 0.717) is 16.7 Å². The lowest BCUT2D eigenvalue weighted by Gasteiger charge is -2.40. The van der Waals surface area contributed by atoms with Crippen molar-refractivity contribution < 1.29 is 24.5 Å². The number of nitrogens with zero attached hydrogens (tertiary/aromatic N) is 1. The topological polar surface area (TPSA) is 87.1 Å². The summed E-state index contributed by atoms with van der Waals surface area (Å²) >= 11 is 1.49. The summed E-state index contributed by atoms with van der Waals surface area (Å²) < 4.78 is 5.21. The number of phenolic OH excluding ortho intramolecular Hbond substituents is 1. The van der Waals surface area contributed by atoms with E-state index in [9.17, 15) is 19.8 Å². The van der Waals surface area contributed by atoms with Crippen LogP contribution in [0.25, 0.3) is 0 Å². The molecule has 4 rings (SSSR count). The van der Waals surface area contributed by atoms with Crippen molar-refractivity contribution in [3.63, 3.8) is 0 Å². The molecule has 1 aliphatic rings. The second-order valence-electron chi connectivity index (χ2n) is 6.76. The SMILES string of the molecule is COc1cccc(C2C(C(=O)O)c3ccccc3C(=O)N2Cc2cccs2)c1O.